The normalized spacial score (nSPS) is 21.6. The lowest BCUT2D eigenvalue weighted by molar-refractivity contribution is -0.209. The lowest BCUT2D eigenvalue weighted by Gasteiger charge is -2.35. The van der Waals surface area contributed by atoms with Crippen molar-refractivity contribution in [3.63, 3.8) is 0 Å². The highest BCUT2D eigenvalue weighted by molar-refractivity contribution is 5.75. The fourth-order valence-corrected chi connectivity index (χ4v) is 4.46. The van der Waals surface area contributed by atoms with E-state index in [0.29, 0.717) is 28.9 Å². The van der Waals surface area contributed by atoms with Crippen LogP contribution in [0.25, 0.3) is 5.65 Å². The van der Waals surface area contributed by atoms with Gasteiger partial charge >= 0.3 is 12.1 Å². The van der Waals surface area contributed by atoms with Crippen molar-refractivity contribution in [3.05, 3.63) is 47.4 Å². The molecule has 0 amide bonds. The van der Waals surface area contributed by atoms with Crippen LogP contribution in [0.4, 0.5) is 34.9 Å². The first kappa shape index (κ1) is 25.7. The second-order valence-electron chi connectivity index (χ2n) is 9.31. The van der Waals surface area contributed by atoms with E-state index in [-0.39, 0.29) is 25.2 Å². The van der Waals surface area contributed by atoms with E-state index in [4.69, 9.17) is 0 Å². The number of hydrogen-bond donors (Lipinski definition) is 4. The quantitative estimate of drug-likeness (QED) is 0.267. The van der Waals surface area contributed by atoms with Gasteiger partial charge in [-0.2, -0.15) is 28.0 Å². The number of ether oxygens (including phenoxy) is 1. The van der Waals surface area contributed by atoms with Crippen molar-refractivity contribution < 1.29 is 32.2 Å². The summed E-state index contributed by atoms with van der Waals surface area (Å²) in [5.41, 5.74) is 1.86. The van der Waals surface area contributed by atoms with E-state index in [1.54, 1.807) is 16.8 Å². The van der Waals surface area contributed by atoms with Crippen LogP contribution >= 0.6 is 0 Å². The minimum Gasteiger partial charge on any atom is -0.454 e. The minimum absolute atomic E-state index is 0.0489. The number of fused-ring (bicyclic) bond motifs is 1. The molecule has 1 unspecified atom stereocenters. The third-order valence-corrected chi connectivity index (χ3v) is 6.50. The second kappa shape index (κ2) is 10.1. The Morgan fingerprint density at radius 1 is 1.26 bits per heavy atom. The molecule has 0 spiro atoms. The van der Waals surface area contributed by atoms with Gasteiger partial charge in [0.1, 0.15) is 23.6 Å². The minimum atomic E-state index is -5.16. The lowest BCUT2D eigenvalue weighted by Crippen LogP contribution is -2.54. The second-order valence-corrected chi connectivity index (χ2v) is 9.31. The van der Waals surface area contributed by atoms with Gasteiger partial charge in [0.15, 0.2) is 5.65 Å². The highest BCUT2D eigenvalue weighted by Crippen LogP contribution is 2.42. The topological polar surface area (TPSA) is 137 Å². The Labute approximate surface area is 213 Å². The number of carbonyl (C=O) groups excluding carboxylic acids is 1. The van der Waals surface area contributed by atoms with Crippen molar-refractivity contribution in [3.8, 4) is 6.07 Å². The molecule has 1 aliphatic heterocycles. The number of aliphatic hydroxyl groups excluding tert-OH is 1. The lowest BCUT2D eigenvalue weighted by atomic mass is 9.92. The molecular weight excluding hydrogens is 510 g/mol. The molecule has 1 saturated carbocycles. The van der Waals surface area contributed by atoms with Gasteiger partial charge in [-0.25, -0.2) is 14.2 Å². The van der Waals surface area contributed by atoms with Gasteiger partial charge in [0, 0.05) is 42.9 Å². The molecule has 1 aliphatic carbocycles. The maximum absolute atomic E-state index is 14.0. The van der Waals surface area contributed by atoms with Crippen molar-refractivity contribution in [2.75, 3.05) is 30.3 Å². The molecule has 2 aliphatic rings. The molecule has 3 aromatic rings. The van der Waals surface area contributed by atoms with E-state index in [1.165, 1.54) is 12.1 Å². The highest BCUT2D eigenvalue weighted by Gasteiger charge is 2.45. The largest absolute Gasteiger partial charge is 0.490 e. The summed E-state index contributed by atoms with van der Waals surface area (Å²) in [5.74, 6) is -2.79. The summed E-state index contributed by atoms with van der Waals surface area (Å²) in [5, 5.41) is 32.9. The van der Waals surface area contributed by atoms with Crippen molar-refractivity contribution in [2.45, 2.75) is 37.1 Å². The molecule has 0 radical (unpaired) electrons. The van der Waals surface area contributed by atoms with Crippen molar-refractivity contribution in [1.29, 1.82) is 5.26 Å². The first-order chi connectivity index (χ1) is 18.1. The van der Waals surface area contributed by atoms with Gasteiger partial charge in [0.25, 0.3) is 0 Å². The molecule has 2 fully saturated rings. The monoisotopic (exact) mass is 533 g/mol. The van der Waals surface area contributed by atoms with E-state index in [2.05, 4.69) is 30.8 Å². The van der Waals surface area contributed by atoms with Gasteiger partial charge < -0.3 is 25.8 Å². The van der Waals surface area contributed by atoms with Gasteiger partial charge in [-0.05, 0) is 37.0 Å². The summed E-state index contributed by atoms with van der Waals surface area (Å²) in [6.07, 6.45) is -3.81. The predicted molar refractivity (Wildman–Crippen MR) is 126 cm³/mol. The van der Waals surface area contributed by atoms with Crippen molar-refractivity contribution in [2.24, 2.45) is 5.92 Å². The smallest absolute Gasteiger partial charge is 0.454 e. The molecule has 1 saturated heterocycles. The highest BCUT2D eigenvalue weighted by atomic mass is 19.4. The van der Waals surface area contributed by atoms with Crippen LogP contribution in [0, 0.1) is 23.1 Å². The Kier molecular flexibility index (Phi) is 6.80. The Morgan fingerprint density at radius 3 is 2.76 bits per heavy atom. The number of hydrogen-bond acceptors (Lipinski definition) is 9. The van der Waals surface area contributed by atoms with E-state index < -0.39 is 36.1 Å². The molecule has 1 aromatic carbocycles. The molecule has 38 heavy (non-hydrogen) atoms. The van der Waals surface area contributed by atoms with Gasteiger partial charge in [-0.15, -0.1) is 0 Å². The van der Waals surface area contributed by atoms with Crippen molar-refractivity contribution >= 4 is 28.9 Å². The number of halogens is 4. The van der Waals surface area contributed by atoms with E-state index in [1.807, 2.05) is 6.07 Å². The number of nitrogens with one attached hydrogen (secondary N) is 3. The van der Waals surface area contributed by atoms with Crippen LogP contribution in [0.1, 0.15) is 29.9 Å². The van der Waals surface area contributed by atoms with Gasteiger partial charge in [0.2, 0.25) is 0 Å². The van der Waals surface area contributed by atoms with E-state index in [0.717, 1.165) is 24.5 Å². The van der Waals surface area contributed by atoms with Crippen LogP contribution < -0.4 is 16.0 Å². The van der Waals surface area contributed by atoms with E-state index >= 15 is 0 Å². The first-order valence-corrected chi connectivity index (χ1v) is 11.9. The fraction of sp³-hybridized carbons (Fsp3) is 0.417. The number of benzene rings is 1. The zero-order chi connectivity index (χ0) is 27.0. The van der Waals surface area contributed by atoms with Gasteiger partial charge in [-0.3, -0.25) is 0 Å². The summed E-state index contributed by atoms with van der Waals surface area (Å²) in [6.45, 7) is 0.00733. The SMILES string of the molecule is N#Cc1cc(F)cc(Nc2cc(NC[C@@H]3C(OC(=O)C(F)(F)F)CNC[C@H]3O)nc3c(C4CC4)cnn23)c1. The third kappa shape index (κ3) is 5.48. The zero-order valence-electron chi connectivity index (χ0n) is 19.8. The Hall–Kier alpha value is -3.96. The molecule has 14 heteroatoms. The standard InChI is InChI=1S/C24H23F4N7O3/c25-14-3-12(7-29)4-15(5-14)33-21-6-20(34-22-16(13-1-2-13)9-32-35(21)22)31-8-17-18(36)10-30-11-19(17)38-23(37)24(26,27)28/h3-6,9,13,17-19,30,33,36H,1-2,8,10-11H2,(H,31,34)/t17-,18+,19?/m0/s1. The number of aliphatic hydroxyl groups is 1. The number of rotatable bonds is 7. The average Bonchev–Trinajstić information content (AvgIpc) is 3.61. The summed E-state index contributed by atoms with van der Waals surface area (Å²) in [7, 11) is 0. The Morgan fingerprint density at radius 2 is 2.05 bits per heavy atom. The zero-order valence-corrected chi connectivity index (χ0v) is 19.8. The number of piperidine rings is 1. The summed E-state index contributed by atoms with van der Waals surface area (Å²) in [4.78, 5) is 16.0. The van der Waals surface area contributed by atoms with Crippen LogP contribution in [0.2, 0.25) is 0 Å². The predicted octanol–water partition coefficient (Wildman–Crippen LogP) is 2.83. The summed E-state index contributed by atoms with van der Waals surface area (Å²) in [6, 6.07) is 7.26. The third-order valence-electron chi connectivity index (χ3n) is 6.50. The molecule has 3 heterocycles. The van der Waals surface area contributed by atoms with E-state index in [9.17, 15) is 32.7 Å². The number of esters is 1. The van der Waals surface area contributed by atoms with Crippen LogP contribution in [-0.4, -0.2) is 63.7 Å². The molecule has 0 bridgehead atoms. The Bertz CT molecular complexity index is 1400. The molecule has 3 atom stereocenters. The first-order valence-electron chi connectivity index (χ1n) is 11.9. The molecule has 5 rings (SSSR count). The maximum Gasteiger partial charge on any atom is 0.490 e. The molecule has 2 aromatic heterocycles. The number of carbonyl (C=O) groups is 1. The van der Waals surface area contributed by atoms with Crippen LogP contribution in [-0.2, 0) is 9.53 Å². The number of anilines is 3. The molecule has 4 N–H and O–H groups in total. The van der Waals surface area contributed by atoms with Crippen molar-refractivity contribution in [1.82, 2.24) is 19.9 Å². The number of β-amino-alcohol motifs (C(OH)–C–C–N with tert-alkyl or cyclic N) is 1. The van der Waals surface area contributed by atoms with Crippen LogP contribution in [0.5, 0.6) is 0 Å². The summed E-state index contributed by atoms with van der Waals surface area (Å²) >= 11 is 0. The maximum atomic E-state index is 14.0. The number of aromatic nitrogens is 3. The number of alkyl halides is 3. The van der Waals surface area contributed by atoms with Gasteiger partial charge in [0.05, 0.1) is 23.9 Å². The number of nitriles is 1. The summed E-state index contributed by atoms with van der Waals surface area (Å²) < 4.78 is 58.5. The molecular formula is C24H23F4N7O3. The van der Waals surface area contributed by atoms with Crippen LogP contribution in [0.3, 0.4) is 0 Å². The van der Waals surface area contributed by atoms with Crippen LogP contribution in [0.15, 0.2) is 30.5 Å². The average molecular weight is 533 g/mol. The number of nitrogens with zero attached hydrogens (tertiary/aromatic N) is 4. The fourth-order valence-electron chi connectivity index (χ4n) is 4.46. The molecule has 10 nitrogen and oxygen atoms in total. The molecule has 200 valence electrons. The Balaban J connectivity index is 1.42. The van der Waals surface area contributed by atoms with Gasteiger partial charge in [-0.1, -0.05) is 0 Å².